The Kier molecular flexibility index (Phi) is 5.78. The first-order valence-corrected chi connectivity index (χ1v) is 13.0. The fourth-order valence-corrected chi connectivity index (χ4v) is 5.82. The molecule has 6 rings (SSSR count). The summed E-state index contributed by atoms with van der Waals surface area (Å²) in [4.78, 5) is 35.6. The quantitative estimate of drug-likeness (QED) is 0.583. The molecular formula is C29H33N5O2. The molecule has 3 aromatic rings. The molecule has 7 heteroatoms. The van der Waals surface area contributed by atoms with Gasteiger partial charge in [-0.2, -0.15) is 0 Å². The summed E-state index contributed by atoms with van der Waals surface area (Å²) < 4.78 is 1.96. The van der Waals surface area contributed by atoms with Crippen LogP contribution < -0.4 is 10.2 Å². The number of rotatable bonds is 5. The molecule has 186 valence electrons. The molecule has 2 aromatic carbocycles. The smallest absolute Gasteiger partial charge is 0.247 e. The highest BCUT2D eigenvalue weighted by Gasteiger charge is 2.55. The summed E-state index contributed by atoms with van der Waals surface area (Å²) in [6, 6.07) is 17.8. The second kappa shape index (κ2) is 9.12. The van der Waals surface area contributed by atoms with Crippen molar-refractivity contribution in [3.8, 4) is 5.69 Å². The number of hydrogen-bond donors (Lipinski definition) is 1. The van der Waals surface area contributed by atoms with E-state index in [0.29, 0.717) is 0 Å². The Balaban J connectivity index is 1.11. The van der Waals surface area contributed by atoms with Crippen LogP contribution in [0.5, 0.6) is 0 Å². The Bertz CT molecular complexity index is 1240. The number of para-hydroxylation sites is 1. The van der Waals surface area contributed by atoms with Crippen molar-refractivity contribution >= 4 is 23.2 Å². The van der Waals surface area contributed by atoms with E-state index in [-0.39, 0.29) is 29.2 Å². The number of benzene rings is 2. The van der Waals surface area contributed by atoms with Crippen LogP contribution in [0.4, 0.5) is 11.4 Å². The summed E-state index contributed by atoms with van der Waals surface area (Å²) in [7, 11) is 0. The van der Waals surface area contributed by atoms with Gasteiger partial charge in [-0.3, -0.25) is 9.59 Å². The number of nitrogens with one attached hydrogen (secondary N) is 1. The van der Waals surface area contributed by atoms with E-state index in [2.05, 4.69) is 39.5 Å². The summed E-state index contributed by atoms with van der Waals surface area (Å²) in [6.45, 7) is 4.43. The lowest BCUT2D eigenvalue weighted by Gasteiger charge is -2.35. The van der Waals surface area contributed by atoms with Gasteiger partial charge >= 0.3 is 0 Å². The van der Waals surface area contributed by atoms with Gasteiger partial charge in [-0.05, 0) is 80.8 Å². The van der Waals surface area contributed by atoms with Gasteiger partial charge < -0.3 is 19.7 Å². The molecule has 3 fully saturated rings. The van der Waals surface area contributed by atoms with Gasteiger partial charge in [0, 0.05) is 48.8 Å². The Morgan fingerprint density at radius 2 is 1.69 bits per heavy atom. The number of nitrogens with zero attached hydrogens (tertiary/aromatic N) is 4. The fraction of sp³-hybridized carbons (Fsp3) is 0.414. The van der Waals surface area contributed by atoms with E-state index in [0.717, 1.165) is 68.8 Å². The molecule has 0 bridgehead atoms. The first-order valence-electron chi connectivity index (χ1n) is 13.0. The van der Waals surface area contributed by atoms with Gasteiger partial charge in [-0.15, -0.1) is 0 Å². The van der Waals surface area contributed by atoms with Crippen molar-refractivity contribution in [2.75, 3.05) is 29.9 Å². The lowest BCUT2D eigenvalue weighted by molar-refractivity contribution is -0.140. The topological polar surface area (TPSA) is 70.5 Å². The van der Waals surface area contributed by atoms with Gasteiger partial charge in [-0.25, -0.2) is 4.98 Å². The molecule has 2 saturated heterocycles. The molecule has 3 heterocycles. The molecule has 36 heavy (non-hydrogen) atoms. The zero-order valence-electron chi connectivity index (χ0n) is 20.8. The van der Waals surface area contributed by atoms with E-state index in [1.807, 2.05) is 52.9 Å². The molecule has 7 nitrogen and oxygen atoms in total. The highest BCUT2D eigenvalue weighted by Crippen LogP contribution is 2.55. The standard InChI is InChI=1S/C29H33N5O2/c1-21-18-33(20-30-21)25-9-7-23(8-10-25)31-27(35)26-17-29(13-14-29)19-34(26)28(36)22-11-15-32(16-12-22)24-5-3-2-4-6-24/h2-10,18,20,22,26H,11-17,19H2,1H3,(H,31,35)/t26-/m0/s1. The third-order valence-corrected chi connectivity index (χ3v) is 8.16. The van der Waals surface area contributed by atoms with Gasteiger partial charge in [0.1, 0.15) is 6.04 Å². The molecule has 2 aliphatic heterocycles. The number of piperidine rings is 1. The lowest BCUT2D eigenvalue weighted by Crippen LogP contribution is -2.48. The Labute approximate surface area is 212 Å². The minimum absolute atomic E-state index is 0.00733. The highest BCUT2D eigenvalue weighted by molar-refractivity contribution is 5.98. The predicted molar refractivity (Wildman–Crippen MR) is 140 cm³/mol. The zero-order chi connectivity index (χ0) is 24.7. The highest BCUT2D eigenvalue weighted by atomic mass is 16.2. The van der Waals surface area contributed by atoms with Gasteiger partial charge in [0.15, 0.2) is 0 Å². The number of aryl methyl sites for hydroxylation is 1. The predicted octanol–water partition coefficient (Wildman–Crippen LogP) is 4.42. The van der Waals surface area contributed by atoms with Crippen LogP contribution in [-0.4, -0.2) is 51.9 Å². The van der Waals surface area contributed by atoms with E-state index in [4.69, 9.17) is 0 Å². The molecule has 1 atom stereocenters. The van der Waals surface area contributed by atoms with E-state index >= 15 is 0 Å². The SMILES string of the molecule is Cc1cn(-c2ccc(NC(=O)[C@@H]3CC4(CC4)CN3C(=O)C3CCN(c4ccccc4)CC3)cc2)cn1. The Morgan fingerprint density at radius 1 is 0.972 bits per heavy atom. The van der Waals surface area contributed by atoms with Gasteiger partial charge in [0.05, 0.1) is 12.0 Å². The number of amides is 2. The average molecular weight is 484 g/mol. The monoisotopic (exact) mass is 483 g/mol. The lowest BCUT2D eigenvalue weighted by atomic mass is 9.94. The maximum atomic E-state index is 13.6. The molecule has 1 saturated carbocycles. The first kappa shape index (κ1) is 22.8. The third kappa shape index (κ3) is 4.50. The van der Waals surface area contributed by atoms with Crippen LogP contribution in [0.15, 0.2) is 67.1 Å². The Morgan fingerprint density at radius 3 is 2.33 bits per heavy atom. The third-order valence-electron chi connectivity index (χ3n) is 8.16. The molecule has 1 N–H and O–H groups in total. The molecule has 1 spiro atoms. The maximum absolute atomic E-state index is 13.6. The van der Waals surface area contributed by atoms with Crippen LogP contribution in [-0.2, 0) is 9.59 Å². The molecule has 0 radical (unpaired) electrons. The van der Waals surface area contributed by atoms with Gasteiger partial charge in [-0.1, -0.05) is 18.2 Å². The Hall–Kier alpha value is -3.61. The first-order chi connectivity index (χ1) is 17.5. The minimum atomic E-state index is -0.386. The van der Waals surface area contributed by atoms with E-state index in [1.54, 1.807) is 6.33 Å². The van der Waals surface area contributed by atoms with E-state index in [1.165, 1.54) is 5.69 Å². The summed E-state index contributed by atoms with van der Waals surface area (Å²) in [5.74, 6) is 0.0876. The van der Waals surface area contributed by atoms with Crippen molar-refractivity contribution in [3.63, 3.8) is 0 Å². The van der Waals surface area contributed by atoms with Crippen molar-refractivity contribution in [3.05, 3.63) is 72.8 Å². The van der Waals surface area contributed by atoms with Crippen molar-refractivity contribution in [2.24, 2.45) is 11.3 Å². The number of likely N-dealkylation sites (tertiary alicyclic amines) is 1. The largest absolute Gasteiger partial charge is 0.371 e. The fourth-order valence-electron chi connectivity index (χ4n) is 5.82. The maximum Gasteiger partial charge on any atom is 0.247 e. The molecule has 1 aromatic heterocycles. The molecule has 0 unspecified atom stereocenters. The summed E-state index contributed by atoms with van der Waals surface area (Å²) in [5.41, 5.74) is 4.07. The van der Waals surface area contributed by atoms with Crippen LogP contribution >= 0.6 is 0 Å². The number of imidazole rings is 1. The summed E-state index contributed by atoms with van der Waals surface area (Å²) >= 11 is 0. The van der Waals surface area contributed by atoms with E-state index < -0.39 is 0 Å². The van der Waals surface area contributed by atoms with E-state index in [9.17, 15) is 9.59 Å². The number of carbonyl (C=O) groups excluding carboxylic acids is 2. The second-order valence-corrected chi connectivity index (χ2v) is 10.7. The van der Waals surface area contributed by atoms with Crippen LogP contribution in [0.2, 0.25) is 0 Å². The van der Waals surface area contributed by atoms with Crippen LogP contribution in [0.3, 0.4) is 0 Å². The van der Waals surface area contributed by atoms with Crippen LogP contribution in [0, 0.1) is 18.3 Å². The number of aromatic nitrogens is 2. The average Bonchev–Trinajstić information content (AvgIpc) is 3.34. The second-order valence-electron chi connectivity index (χ2n) is 10.7. The summed E-state index contributed by atoms with van der Waals surface area (Å²) in [5, 5.41) is 3.08. The zero-order valence-corrected chi connectivity index (χ0v) is 20.8. The number of carbonyl (C=O) groups is 2. The van der Waals surface area contributed by atoms with Crippen molar-refractivity contribution in [1.29, 1.82) is 0 Å². The summed E-state index contributed by atoms with van der Waals surface area (Å²) in [6.07, 6.45) is 8.43. The molecular weight excluding hydrogens is 450 g/mol. The van der Waals surface area contributed by atoms with Gasteiger partial charge in [0.2, 0.25) is 11.8 Å². The minimum Gasteiger partial charge on any atom is -0.371 e. The molecule has 1 aliphatic carbocycles. The molecule has 3 aliphatic rings. The van der Waals surface area contributed by atoms with Crippen LogP contribution in [0.1, 0.15) is 37.8 Å². The van der Waals surface area contributed by atoms with Crippen molar-refractivity contribution in [2.45, 2.75) is 45.1 Å². The normalized spacial score (nSPS) is 21.1. The number of anilines is 2. The number of hydrogen-bond acceptors (Lipinski definition) is 4. The van der Waals surface area contributed by atoms with Crippen molar-refractivity contribution in [1.82, 2.24) is 14.5 Å². The van der Waals surface area contributed by atoms with Gasteiger partial charge in [0.25, 0.3) is 0 Å². The van der Waals surface area contributed by atoms with Crippen LogP contribution in [0.25, 0.3) is 5.69 Å². The van der Waals surface area contributed by atoms with Crippen molar-refractivity contribution < 1.29 is 9.59 Å². The molecule has 2 amide bonds.